The minimum atomic E-state index is -0.716. The molecule has 0 unspecified atom stereocenters. The molecule has 1 aliphatic carbocycles. The van der Waals surface area contributed by atoms with Crippen LogP contribution in [0.25, 0.3) is 0 Å². The molecule has 1 atom stereocenters. The quantitative estimate of drug-likeness (QED) is 0.474. The highest BCUT2D eigenvalue weighted by atomic mass is 35.5. The maximum Gasteiger partial charge on any atom is 0.242 e. The summed E-state index contributed by atoms with van der Waals surface area (Å²) in [4.78, 5) is 27.5. The van der Waals surface area contributed by atoms with E-state index in [4.69, 9.17) is 23.2 Å². The summed E-state index contributed by atoms with van der Waals surface area (Å²) in [5, 5.41) is 4.14. The molecule has 0 aliphatic heterocycles. The fourth-order valence-electron chi connectivity index (χ4n) is 3.78. The summed E-state index contributed by atoms with van der Waals surface area (Å²) in [5.74, 6) is -0.266. The van der Waals surface area contributed by atoms with Gasteiger partial charge in [0.05, 0.1) is 5.75 Å². The van der Waals surface area contributed by atoms with Gasteiger partial charge in [-0.1, -0.05) is 60.3 Å². The van der Waals surface area contributed by atoms with Crippen molar-refractivity contribution in [1.82, 2.24) is 10.2 Å². The molecule has 172 valence electrons. The highest BCUT2D eigenvalue weighted by molar-refractivity contribution is 7.99. The summed E-state index contributed by atoms with van der Waals surface area (Å²) >= 11 is 13.8. The van der Waals surface area contributed by atoms with E-state index in [1.54, 1.807) is 43.3 Å². The van der Waals surface area contributed by atoms with Crippen LogP contribution in [0.4, 0.5) is 4.39 Å². The lowest BCUT2D eigenvalue weighted by molar-refractivity contribution is -0.139. The molecule has 32 heavy (non-hydrogen) atoms. The second kappa shape index (κ2) is 11.9. The van der Waals surface area contributed by atoms with Crippen molar-refractivity contribution >= 4 is 46.8 Å². The van der Waals surface area contributed by atoms with E-state index in [-0.39, 0.29) is 30.2 Å². The summed E-state index contributed by atoms with van der Waals surface area (Å²) in [6, 6.07) is 11.0. The molecule has 4 nitrogen and oxygen atoms in total. The Kier molecular flexibility index (Phi) is 9.26. The first-order valence-corrected chi connectivity index (χ1v) is 12.6. The highest BCUT2D eigenvalue weighted by Crippen LogP contribution is 2.28. The molecule has 0 spiro atoms. The van der Waals surface area contributed by atoms with Gasteiger partial charge in [-0.3, -0.25) is 9.59 Å². The van der Waals surface area contributed by atoms with Crippen LogP contribution in [0.2, 0.25) is 10.0 Å². The zero-order valence-electron chi connectivity index (χ0n) is 18.0. The molecule has 0 radical (unpaired) electrons. The van der Waals surface area contributed by atoms with E-state index in [0.29, 0.717) is 21.4 Å². The summed E-state index contributed by atoms with van der Waals surface area (Å²) < 4.78 is 14.3. The SMILES string of the molecule is C[C@@H](C(=O)NC1CCCC1)N(Cc1ccccc1F)C(=O)CSCc1c(Cl)cccc1Cl. The topological polar surface area (TPSA) is 49.4 Å². The maximum atomic E-state index is 14.3. The fourth-order valence-corrected chi connectivity index (χ4v) is 5.43. The Bertz CT molecular complexity index is 933. The van der Waals surface area contributed by atoms with Crippen molar-refractivity contribution in [3.8, 4) is 0 Å². The Morgan fingerprint density at radius 2 is 1.78 bits per heavy atom. The lowest BCUT2D eigenvalue weighted by Crippen LogP contribution is -2.50. The van der Waals surface area contributed by atoms with Gasteiger partial charge in [0.1, 0.15) is 11.9 Å². The largest absolute Gasteiger partial charge is 0.352 e. The van der Waals surface area contributed by atoms with Crippen LogP contribution in [0.5, 0.6) is 0 Å². The number of hydrogen-bond donors (Lipinski definition) is 1. The van der Waals surface area contributed by atoms with Crippen LogP contribution in [0.3, 0.4) is 0 Å². The molecule has 1 aliphatic rings. The Morgan fingerprint density at radius 1 is 1.12 bits per heavy atom. The molecular formula is C24H27Cl2FN2O2S. The molecule has 2 aromatic rings. The van der Waals surface area contributed by atoms with Crippen molar-refractivity contribution in [2.45, 2.75) is 57.0 Å². The van der Waals surface area contributed by atoms with E-state index in [2.05, 4.69) is 5.32 Å². The minimum absolute atomic E-state index is 0.0260. The minimum Gasteiger partial charge on any atom is -0.352 e. The van der Waals surface area contributed by atoms with Crippen LogP contribution in [0, 0.1) is 5.82 Å². The molecule has 0 aromatic heterocycles. The highest BCUT2D eigenvalue weighted by Gasteiger charge is 2.29. The standard InChI is InChI=1S/C24H27Cl2FN2O2S/c1-16(24(31)28-18-8-3-4-9-18)29(13-17-7-2-5-12-22(17)27)23(30)15-32-14-19-20(25)10-6-11-21(19)26/h2,5-7,10-12,16,18H,3-4,8-9,13-15H2,1H3,(H,28,31)/t16-/m0/s1. The molecule has 0 bridgehead atoms. The first kappa shape index (κ1) is 24.9. The van der Waals surface area contributed by atoms with Gasteiger partial charge >= 0.3 is 0 Å². The summed E-state index contributed by atoms with van der Waals surface area (Å²) in [6.45, 7) is 1.72. The summed E-state index contributed by atoms with van der Waals surface area (Å²) in [5.41, 5.74) is 1.14. The first-order chi connectivity index (χ1) is 15.4. The second-order valence-electron chi connectivity index (χ2n) is 7.97. The lowest BCUT2D eigenvalue weighted by atomic mass is 10.1. The number of amides is 2. The smallest absolute Gasteiger partial charge is 0.242 e. The van der Waals surface area contributed by atoms with Crippen molar-refractivity contribution in [2.24, 2.45) is 0 Å². The maximum absolute atomic E-state index is 14.3. The van der Waals surface area contributed by atoms with E-state index in [1.165, 1.54) is 22.7 Å². The van der Waals surface area contributed by atoms with E-state index < -0.39 is 11.9 Å². The van der Waals surface area contributed by atoms with Crippen LogP contribution >= 0.6 is 35.0 Å². The van der Waals surface area contributed by atoms with Crippen LogP contribution in [0.15, 0.2) is 42.5 Å². The van der Waals surface area contributed by atoms with Crippen molar-refractivity contribution in [2.75, 3.05) is 5.75 Å². The zero-order chi connectivity index (χ0) is 23.1. The Balaban J connectivity index is 1.69. The molecular weight excluding hydrogens is 470 g/mol. The normalized spacial score (nSPS) is 14.9. The number of rotatable bonds is 9. The van der Waals surface area contributed by atoms with E-state index in [1.807, 2.05) is 0 Å². The fraction of sp³-hybridized carbons (Fsp3) is 0.417. The average molecular weight is 497 g/mol. The van der Waals surface area contributed by atoms with Crippen molar-refractivity contribution in [1.29, 1.82) is 0 Å². The van der Waals surface area contributed by atoms with Crippen molar-refractivity contribution in [3.63, 3.8) is 0 Å². The number of carbonyl (C=O) groups excluding carboxylic acids is 2. The number of nitrogens with zero attached hydrogens (tertiary/aromatic N) is 1. The predicted octanol–water partition coefficient (Wildman–Crippen LogP) is 5.84. The van der Waals surface area contributed by atoms with Gasteiger partial charge in [-0.25, -0.2) is 4.39 Å². The number of nitrogens with one attached hydrogen (secondary N) is 1. The number of hydrogen-bond acceptors (Lipinski definition) is 3. The Morgan fingerprint density at radius 3 is 2.44 bits per heavy atom. The monoisotopic (exact) mass is 496 g/mol. The van der Waals surface area contributed by atoms with Gasteiger partial charge in [-0.2, -0.15) is 0 Å². The molecule has 3 rings (SSSR count). The van der Waals surface area contributed by atoms with Crippen LogP contribution in [-0.4, -0.2) is 34.6 Å². The number of benzene rings is 2. The third-order valence-electron chi connectivity index (χ3n) is 5.70. The van der Waals surface area contributed by atoms with E-state index >= 15 is 0 Å². The number of thioether (sulfide) groups is 1. The molecule has 2 amide bonds. The van der Waals surface area contributed by atoms with Crippen molar-refractivity contribution in [3.05, 3.63) is 69.5 Å². The zero-order valence-corrected chi connectivity index (χ0v) is 20.3. The molecule has 0 saturated heterocycles. The van der Waals surface area contributed by atoms with Crippen LogP contribution in [0.1, 0.15) is 43.7 Å². The van der Waals surface area contributed by atoms with E-state index in [0.717, 1.165) is 31.2 Å². The number of carbonyl (C=O) groups is 2. The molecule has 1 saturated carbocycles. The first-order valence-electron chi connectivity index (χ1n) is 10.7. The molecule has 1 N–H and O–H groups in total. The second-order valence-corrected chi connectivity index (χ2v) is 9.77. The van der Waals surface area contributed by atoms with Gasteiger partial charge in [0.2, 0.25) is 11.8 Å². The average Bonchev–Trinajstić information content (AvgIpc) is 3.27. The third-order valence-corrected chi connectivity index (χ3v) is 7.35. The van der Waals surface area contributed by atoms with Gasteiger partial charge in [0, 0.05) is 33.9 Å². The van der Waals surface area contributed by atoms with Gasteiger partial charge in [0.15, 0.2) is 0 Å². The lowest BCUT2D eigenvalue weighted by Gasteiger charge is -2.30. The van der Waals surface area contributed by atoms with Gasteiger partial charge < -0.3 is 10.2 Å². The summed E-state index contributed by atoms with van der Waals surface area (Å²) in [7, 11) is 0. The molecule has 8 heteroatoms. The molecule has 1 fully saturated rings. The van der Waals surface area contributed by atoms with Crippen LogP contribution < -0.4 is 5.32 Å². The third kappa shape index (κ3) is 6.63. The Hall–Kier alpha value is -1.76. The Labute approximate surface area is 202 Å². The van der Waals surface area contributed by atoms with Gasteiger partial charge in [-0.05, 0) is 43.5 Å². The summed E-state index contributed by atoms with van der Waals surface area (Å²) in [6.07, 6.45) is 4.10. The predicted molar refractivity (Wildman–Crippen MR) is 129 cm³/mol. The molecule has 2 aromatic carbocycles. The molecule has 0 heterocycles. The number of halogens is 3. The van der Waals surface area contributed by atoms with Crippen LogP contribution in [-0.2, 0) is 21.9 Å². The van der Waals surface area contributed by atoms with Gasteiger partial charge in [-0.15, -0.1) is 11.8 Å². The van der Waals surface area contributed by atoms with E-state index in [9.17, 15) is 14.0 Å². The van der Waals surface area contributed by atoms with Crippen molar-refractivity contribution < 1.29 is 14.0 Å². The van der Waals surface area contributed by atoms with Gasteiger partial charge in [0.25, 0.3) is 0 Å².